The summed E-state index contributed by atoms with van der Waals surface area (Å²) in [6.45, 7) is 11.4. The zero-order valence-corrected chi connectivity index (χ0v) is 17.4. The lowest BCUT2D eigenvalue weighted by molar-refractivity contribution is -0.128. The highest BCUT2D eigenvalue weighted by molar-refractivity contribution is 8.00. The van der Waals surface area contributed by atoms with Crippen LogP contribution in [0.3, 0.4) is 0 Å². The average Bonchev–Trinajstić information content (AvgIpc) is 2.67. The van der Waals surface area contributed by atoms with Crippen molar-refractivity contribution in [3.8, 4) is 0 Å². The van der Waals surface area contributed by atoms with Gasteiger partial charge in [0, 0.05) is 48.8 Å². The zero-order chi connectivity index (χ0) is 19.4. The fourth-order valence-corrected chi connectivity index (χ4v) is 3.85. The fourth-order valence-electron chi connectivity index (χ4n) is 3.05. The largest absolute Gasteiger partial charge is 0.353 e. The predicted molar refractivity (Wildman–Crippen MR) is 112 cm³/mol. The zero-order valence-electron chi connectivity index (χ0n) is 16.6. The van der Waals surface area contributed by atoms with Crippen molar-refractivity contribution in [1.29, 1.82) is 0 Å². The van der Waals surface area contributed by atoms with Gasteiger partial charge in [-0.25, -0.2) is 9.97 Å². The minimum Gasteiger partial charge on any atom is -0.353 e. The lowest BCUT2D eigenvalue weighted by Gasteiger charge is -2.35. The highest BCUT2D eigenvalue weighted by Gasteiger charge is 2.22. The monoisotopic (exact) mass is 384 g/mol. The van der Waals surface area contributed by atoms with Crippen molar-refractivity contribution in [2.45, 2.75) is 38.5 Å². The third-order valence-corrected chi connectivity index (χ3v) is 5.71. The first-order valence-electron chi connectivity index (χ1n) is 9.50. The van der Waals surface area contributed by atoms with Crippen molar-refractivity contribution < 1.29 is 4.79 Å². The summed E-state index contributed by atoms with van der Waals surface area (Å²) in [6, 6.07) is 10.4. The van der Waals surface area contributed by atoms with Gasteiger partial charge >= 0.3 is 0 Å². The van der Waals surface area contributed by atoms with Gasteiger partial charge in [-0.05, 0) is 26.0 Å². The van der Waals surface area contributed by atoms with Gasteiger partial charge in [0.05, 0.1) is 5.75 Å². The molecule has 0 bridgehead atoms. The summed E-state index contributed by atoms with van der Waals surface area (Å²) < 4.78 is 0. The average molecular weight is 385 g/mol. The van der Waals surface area contributed by atoms with Crippen molar-refractivity contribution in [2.24, 2.45) is 0 Å². The molecule has 0 saturated carbocycles. The van der Waals surface area contributed by atoms with Crippen LogP contribution in [0.2, 0.25) is 0 Å². The lowest BCUT2D eigenvalue weighted by Crippen LogP contribution is -2.49. The summed E-state index contributed by atoms with van der Waals surface area (Å²) in [5.74, 6) is 2.88. The van der Waals surface area contributed by atoms with E-state index in [1.165, 1.54) is 5.56 Å². The van der Waals surface area contributed by atoms with E-state index in [-0.39, 0.29) is 5.91 Å². The van der Waals surface area contributed by atoms with E-state index in [1.807, 2.05) is 17.9 Å². The van der Waals surface area contributed by atoms with E-state index in [0.29, 0.717) is 11.7 Å². The Morgan fingerprint density at radius 1 is 1.07 bits per heavy atom. The number of carbonyl (C=O) groups is 1. The predicted octanol–water partition coefficient (Wildman–Crippen LogP) is 3.66. The molecule has 5 nitrogen and oxygen atoms in total. The summed E-state index contributed by atoms with van der Waals surface area (Å²) in [5, 5.41) is 0. The second kappa shape index (κ2) is 8.74. The third-order valence-electron chi connectivity index (χ3n) is 4.71. The molecule has 1 aromatic heterocycles. The quantitative estimate of drug-likeness (QED) is 0.737. The van der Waals surface area contributed by atoms with Crippen LogP contribution in [0.4, 0.5) is 5.82 Å². The van der Waals surface area contributed by atoms with E-state index >= 15 is 0 Å². The number of piperazine rings is 1. The van der Waals surface area contributed by atoms with Crippen LogP contribution in [0, 0.1) is 13.8 Å². The standard InChI is InChI=1S/C21H28N4OS/c1-15(2)21-22-17(4)13-19(23-21)24-9-11-25(12-10-24)20(26)14-27-18-7-5-16(3)6-8-18/h5-8,13,15H,9-12,14H2,1-4H3. The molecule has 0 unspecified atom stereocenters. The van der Waals surface area contributed by atoms with E-state index in [1.54, 1.807) is 11.8 Å². The number of aromatic nitrogens is 2. The molecule has 3 rings (SSSR count). The highest BCUT2D eigenvalue weighted by Crippen LogP contribution is 2.21. The molecule has 27 heavy (non-hydrogen) atoms. The molecule has 1 aliphatic rings. The SMILES string of the molecule is Cc1ccc(SCC(=O)N2CCN(c3cc(C)nc(C(C)C)n3)CC2)cc1. The van der Waals surface area contributed by atoms with Crippen LogP contribution in [0.15, 0.2) is 35.2 Å². The molecule has 0 N–H and O–H groups in total. The molecule has 1 fully saturated rings. The number of aryl methyl sites for hydroxylation is 2. The Hall–Kier alpha value is -2.08. The Labute approximate surface area is 166 Å². The van der Waals surface area contributed by atoms with Crippen molar-refractivity contribution in [3.63, 3.8) is 0 Å². The number of benzene rings is 1. The number of anilines is 1. The first-order chi connectivity index (χ1) is 12.9. The van der Waals surface area contributed by atoms with Crippen LogP contribution in [0.5, 0.6) is 0 Å². The number of nitrogens with zero attached hydrogens (tertiary/aromatic N) is 4. The number of amides is 1. The van der Waals surface area contributed by atoms with Crippen LogP contribution in [0.25, 0.3) is 0 Å². The molecule has 0 atom stereocenters. The van der Waals surface area contributed by atoms with Crippen LogP contribution in [-0.4, -0.2) is 52.7 Å². The van der Waals surface area contributed by atoms with E-state index in [9.17, 15) is 4.79 Å². The number of hydrogen-bond donors (Lipinski definition) is 0. The fraction of sp³-hybridized carbons (Fsp3) is 0.476. The van der Waals surface area contributed by atoms with Gasteiger partial charge < -0.3 is 9.80 Å². The van der Waals surface area contributed by atoms with E-state index in [2.05, 4.69) is 54.9 Å². The normalized spacial score (nSPS) is 14.7. The van der Waals surface area contributed by atoms with E-state index < -0.39 is 0 Å². The Morgan fingerprint density at radius 3 is 2.37 bits per heavy atom. The maximum absolute atomic E-state index is 12.5. The molecule has 1 amide bonds. The number of rotatable bonds is 5. The van der Waals surface area contributed by atoms with Gasteiger partial charge in [-0.3, -0.25) is 4.79 Å². The van der Waals surface area contributed by atoms with Gasteiger partial charge in [-0.15, -0.1) is 11.8 Å². The molecule has 0 radical (unpaired) electrons. The first kappa shape index (κ1) is 19.7. The molecular weight excluding hydrogens is 356 g/mol. The van der Waals surface area contributed by atoms with Gasteiger partial charge in [0.1, 0.15) is 11.6 Å². The van der Waals surface area contributed by atoms with Gasteiger partial charge in [0.25, 0.3) is 0 Å². The van der Waals surface area contributed by atoms with Crippen molar-refractivity contribution >= 4 is 23.5 Å². The summed E-state index contributed by atoms with van der Waals surface area (Å²) in [7, 11) is 0. The Morgan fingerprint density at radius 2 is 1.74 bits per heavy atom. The summed E-state index contributed by atoms with van der Waals surface area (Å²) in [6.07, 6.45) is 0. The Kier molecular flexibility index (Phi) is 6.37. The molecule has 2 heterocycles. The van der Waals surface area contributed by atoms with Crippen LogP contribution < -0.4 is 4.90 Å². The second-order valence-electron chi connectivity index (χ2n) is 7.35. The maximum atomic E-state index is 12.5. The van der Waals surface area contributed by atoms with E-state index in [4.69, 9.17) is 4.98 Å². The minimum absolute atomic E-state index is 0.210. The topological polar surface area (TPSA) is 49.3 Å². The third kappa shape index (κ3) is 5.22. The molecule has 1 aliphatic heterocycles. The lowest BCUT2D eigenvalue weighted by atomic mass is 10.2. The molecule has 1 aromatic carbocycles. The van der Waals surface area contributed by atoms with E-state index in [0.717, 1.165) is 48.4 Å². The number of carbonyl (C=O) groups excluding carboxylic acids is 1. The Balaban J connectivity index is 1.54. The molecule has 0 aliphatic carbocycles. The molecule has 144 valence electrons. The van der Waals surface area contributed by atoms with Crippen LogP contribution in [0.1, 0.15) is 36.8 Å². The number of thioether (sulfide) groups is 1. The van der Waals surface area contributed by atoms with Crippen LogP contribution in [-0.2, 0) is 4.79 Å². The summed E-state index contributed by atoms with van der Waals surface area (Å²) >= 11 is 1.61. The van der Waals surface area contributed by atoms with Crippen LogP contribution >= 0.6 is 11.8 Å². The van der Waals surface area contributed by atoms with Gasteiger partial charge in [0.15, 0.2) is 0 Å². The first-order valence-corrected chi connectivity index (χ1v) is 10.5. The Bertz CT molecular complexity index is 783. The van der Waals surface area contributed by atoms with Gasteiger partial charge in [0.2, 0.25) is 5.91 Å². The maximum Gasteiger partial charge on any atom is 0.233 e. The van der Waals surface area contributed by atoms with Crippen molar-refractivity contribution in [1.82, 2.24) is 14.9 Å². The van der Waals surface area contributed by atoms with Crippen molar-refractivity contribution in [3.05, 3.63) is 47.4 Å². The molecule has 0 spiro atoms. The van der Waals surface area contributed by atoms with Gasteiger partial charge in [-0.1, -0.05) is 31.5 Å². The van der Waals surface area contributed by atoms with Gasteiger partial charge in [-0.2, -0.15) is 0 Å². The number of hydrogen-bond acceptors (Lipinski definition) is 5. The summed E-state index contributed by atoms with van der Waals surface area (Å²) in [4.78, 5) is 27.2. The molecule has 6 heteroatoms. The second-order valence-corrected chi connectivity index (χ2v) is 8.40. The van der Waals surface area contributed by atoms with Crippen molar-refractivity contribution in [2.75, 3.05) is 36.8 Å². The summed E-state index contributed by atoms with van der Waals surface area (Å²) in [5.41, 5.74) is 2.24. The molecule has 2 aromatic rings. The molecule has 1 saturated heterocycles. The smallest absolute Gasteiger partial charge is 0.233 e. The minimum atomic E-state index is 0.210. The molecular formula is C21H28N4OS. The highest BCUT2D eigenvalue weighted by atomic mass is 32.2.